The number of aryl methyl sites for hydroxylation is 1. The van der Waals surface area contributed by atoms with Gasteiger partial charge in [-0.3, -0.25) is 0 Å². The van der Waals surface area contributed by atoms with Gasteiger partial charge in [-0.15, -0.1) is 0 Å². The SMILES string of the molecule is CCN1/C(=C\C=C\c2n(CC)c3cc[se]c3[n+]2CS(=O)(=O)O)N(CS(=O)(=O)O)C2[Se]C=CC21. The Balaban J connectivity index is 1.76. The van der Waals surface area contributed by atoms with E-state index in [0.29, 0.717) is 24.7 Å². The van der Waals surface area contributed by atoms with Crippen LogP contribution >= 0.6 is 0 Å². The number of imidazole rings is 1. The topological polar surface area (TPSA) is 124 Å². The molecule has 2 aromatic heterocycles. The van der Waals surface area contributed by atoms with E-state index in [1.807, 2.05) is 29.4 Å². The van der Waals surface area contributed by atoms with Crippen LogP contribution in [0.4, 0.5) is 0 Å². The number of fused-ring (bicyclic) bond motifs is 2. The van der Waals surface area contributed by atoms with Gasteiger partial charge in [0.25, 0.3) is 0 Å². The van der Waals surface area contributed by atoms with Crippen molar-refractivity contribution in [1.29, 1.82) is 0 Å². The van der Waals surface area contributed by atoms with Gasteiger partial charge in [-0.2, -0.15) is 0 Å². The third kappa shape index (κ3) is 5.03. The number of hydrogen-bond acceptors (Lipinski definition) is 6. The Labute approximate surface area is 205 Å². The number of allylic oxidation sites excluding steroid dienone is 2. The quantitative estimate of drug-likeness (QED) is 0.241. The molecule has 2 aliphatic rings. The van der Waals surface area contributed by atoms with Gasteiger partial charge in [0.15, 0.2) is 0 Å². The van der Waals surface area contributed by atoms with E-state index in [0.717, 1.165) is 9.91 Å². The first-order valence-corrected chi connectivity index (χ1v) is 17.2. The Bertz CT molecular complexity index is 1360. The number of rotatable bonds is 8. The third-order valence-corrected chi connectivity index (χ3v) is 11.0. The van der Waals surface area contributed by atoms with E-state index in [1.54, 1.807) is 27.7 Å². The van der Waals surface area contributed by atoms with Crippen molar-refractivity contribution in [3.05, 3.63) is 45.9 Å². The Morgan fingerprint density at radius 3 is 2.52 bits per heavy atom. The molecule has 0 radical (unpaired) electrons. The van der Waals surface area contributed by atoms with Crippen molar-refractivity contribution in [2.45, 2.75) is 37.3 Å². The Kier molecular flexibility index (Phi) is 7.01. The van der Waals surface area contributed by atoms with E-state index < -0.39 is 32.0 Å². The Hall–Kier alpha value is -1.37. The van der Waals surface area contributed by atoms with Crippen LogP contribution in [0.15, 0.2) is 40.0 Å². The Morgan fingerprint density at radius 1 is 1.12 bits per heavy atom. The van der Waals surface area contributed by atoms with Crippen molar-refractivity contribution < 1.29 is 30.5 Å². The van der Waals surface area contributed by atoms with E-state index in [2.05, 4.69) is 16.0 Å². The van der Waals surface area contributed by atoms with Crippen LogP contribution in [0.2, 0.25) is 0 Å². The van der Waals surface area contributed by atoms with Crippen LogP contribution < -0.4 is 4.57 Å². The van der Waals surface area contributed by atoms with Crippen LogP contribution in [-0.2, 0) is 32.7 Å². The normalized spacial score (nSPS) is 22.5. The van der Waals surface area contributed by atoms with E-state index in [-0.39, 0.29) is 40.4 Å². The monoisotopic (exact) mass is 629 g/mol. The standard InChI is InChI=1S/C19H24N4O6S2Se2/c1-3-20-14-8-10-32-18(14)22(12-30(24,25)26)16(20)6-5-7-17-21(4-2)15-9-11-33-19(15)23(17)13-31(27,28)29/h5-11,14,18H,3-4,12-13H2,1-2H3,(H-,24,25,26,27,28,29)/p+1. The summed E-state index contributed by atoms with van der Waals surface area (Å²) in [6, 6.07) is 2.02. The van der Waals surface area contributed by atoms with Crippen molar-refractivity contribution in [3.8, 4) is 0 Å². The predicted molar refractivity (Wildman–Crippen MR) is 127 cm³/mol. The first-order chi connectivity index (χ1) is 15.5. The zero-order valence-corrected chi connectivity index (χ0v) is 23.0. The number of nitrogens with zero attached hydrogens (tertiary/aromatic N) is 4. The molecule has 2 aromatic rings. The molecule has 1 saturated heterocycles. The van der Waals surface area contributed by atoms with Crippen LogP contribution in [-0.4, -0.2) is 93.2 Å². The average Bonchev–Trinajstić information content (AvgIpc) is 3.45. The van der Waals surface area contributed by atoms with Crippen LogP contribution in [0.5, 0.6) is 0 Å². The van der Waals surface area contributed by atoms with Gasteiger partial charge in [0.2, 0.25) is 0 Å². The number of likely N-dealkylation sites (N-methyl/N-ethyl adjacent to an activating group) is 1. The van der Waals surface area contributed by atoms with Crippen LogP contribution in [0.1, 0.15) is 19.7 Å². The molecule has 0 aromatic carbocycles. The molecule has 10 nitrogen and oxygen atoms in total. The molecule has 2 N–H and O–H groups in total. The maximum absolute atomic E-state index is 11.7. The molecule has 14 heteroatoms. The van der Waals surface area contributed by atoms with E-state index in [9.17, 15) is 25.9 Å². The van der Waals surface area contributed by atoms with Gasteiger partial charge in [-0.25, -0.2) is 0 Å². The summed E-state index contributed by atoms with van der Waals surface area (Å²) in [7, 11) is -8.46. The first kappa shape index (κ1) is 24.7. The van der Waals surface area contributed by atoms with E-state index >= 15 is 0 Å². The summed E-state index contributed by atoms with van der Waals surface area (Å²) in [6.07, 6.45) is 7.42. The van der Waals surface area contributed by atoms with E-state index in [4.69, 9.17) is 0 Å². The van der Waals surface area contributed by atoms with Gasteiger partial charge in [-0.1, -0.05) is 0 Å². The minimum atomic E-state index is -4.24. The van der Waals surface area contributed by atoms with Crippen LogP contribution in [0.25, 0.3) is 16.0 Å². The second-order valence-electron chi connectivity index (χ2n) is 7.55. The average molecular weight is 627 g/mol. The summed E-state index contributed by atoms with van der Waals surface area (Å²) in [5.41, 5.74) is 0.930. The number of aromatic nitrogens is 2. The summed E-state index contributed by atoms with van der Waals surface area (Å²) in [4.78, 5) is 7.91. The molecule has 2 atom stereocenters. The first-order valence-electron chi connectivity index (χ1n) is 10.2. The van der Waals surface area contributed by atoms with Gasteiger partial charge in [0.05, 0.1) is 0 Å². The molecule has 0 saturated carbocycles. The van der Waals surface area contributed by atoms with Crippen molar-refractivity contribution in [2.75, 3.05) is 12.4 Å². The predicted octanol–water partition coefficient (Wildman–Crippen LogP) is 0.115. The summed E-state index contributed by atoms with van der Waals surface area (Å²) in [5.74, 6) is 0.314. The fraction of sp³-hybridized carbons (Fsp3) is 0.421. The fourth-order valence-corrected chi connectivity index (χ4v) is 10.3. The molecule has 4 rings (SSSR count). The van der Waals surface area contributed by atoms with Crippen molar-refractivity contribution >= 4 is 65.7 Å². The molecule has 0 amide bonds. The molecule has 0 bridgehead atoms. The molecule has 4 heterocycles. The zero-order valence-electron chi connectivity index (χ0n) is 18.0. The second-order valence-corrected chi connectivity index (χ2v) is 14.4. The second kappa shape index (κ2) is 9.35. The molecule has 2 aliphatic heterocycles. The fourth-order valence-electron chi connectivity index (χ4n) is 4.32. The maximum atomic E-state index is 11.7. The van der Waals surface area contributed by atoms with Crippen LogP contribution in [0, 0.1) is 0 Å². The van der Waals surface area contributed by atoms with Gasteiger partial charge < -0.3 is 0 Å². The summed E-state index contributed by atoms with van der Waals surface area (Å²) in [6.45, 7) is 5.24. The van der Waals surface area contributed by atoms with Gasteiger partial charge in [0.1, 0.15) is 0 Å². The van der Waals surface area contributed by atoms with Crippen molar-refractivity contribution in [2.24, 2.45) is 0 Å². The summed E-state index contributed by atoms with van der Waals surface area (Å²) in [5, 5.41) is 0. The third-order valence-electron chi connectivity index (χ3n) is 5.50. The molecule has 33 heavy (non-hydrogen) atoms. The molecule has 0 spiro atoms. The van der Waals surface area contributed by atoms with Crippen molar-refractivity contribution in [3.63, 3.8) is 0 Å². The molecular formula is C19H25N4O6S2Se2+. The summed E-state index contributed by atoms with van der Waals surface area (Å²) < 4.78 is 70.3. The van der Waals surface area contributed by atoms with Crippen molar-refractivity contribution in [1.82, 2.24) is 14.4 Å². The molecular weight excluding hydrogens is 602 g/mol. The Morgan fingerprint density at radius 2 is 1.88 bits per heavy atom. The van der Waals surface area contributed by atoms with Crippen LogP contribution in [0.3, 0.4) is 0 Å². The van der Waals surface area contributed by atoms with Gasteiger partial charge >= 0.3 is 206 Å². The number of hydrogen-bond donors (Lipinski definition) is 2. The van der Waals surface area contributed by atoms with E-state index in [1.165, 1.54) is 0 Å². The minimum absolute atomic E-state index is 0.0142. The summed E-state index contributed by atoms with van der Waals surface area (Å²) >= 11 is 0.0385. The molecule has 0 aliphatic carbocycles. The molecule has 180 valence electrons. The van der Waals surface area contributed by atoms with Gasteiger partial charge in [-0.05, 0) is 0 Å². The molecule has 2 unspecified atom stereocenters. The van der Waals surface area contributed by atoms with Gasteiger partial charge in [0, 0.05) is 0 Å². The zero-order chi connectivity index (χ0) is 24.0. The molecule has 1 fully saturated rings.